The number of aromatic amines is 1. The van der Waals surface area contributed by atoms with E-state index in [0.717, 1.165) is 11.9 Å². The number of hydrogen-bond acceptors (Lipinski definition) is 3. The summed E-state index contributed by atoms with van der Waals surface area (Å²) >= 11 is 0. The lowest BCUT2D eigenvalue weighted by molar-refractivity contribution is -0.139. The molecule has 24 heavy (non-hydrogen) atoms. The molecule has 2 aromatic carbocycles. The molecule has 0 unspecified atom stereocenters. The van der Waals surface area contributed by atoms with Crippen molar-refractivity contribution in [2.45, 2.75) is 18.4 Å². The molecule has 1 saturated heterocycles. The first-order valence-electron chi connectivity index (χ1n) is 8.34. The maximum Gasteiger partial charge on any atom is 0.323 e. The van der Waals surface area contributed by atoms with E-state index in [0.29, 0.717) is 13.2 Å². The van der Waals surface area contributed by atoms with Gasteiger partial charge in [-0.05, 0) is 17.2 Å². The number of hydrogen-bond donors (Lipinski definition) is 2. The highest BCUT2D eigenvalue weighted by Gasteiger charge is 2.27. The first-order valence-corrected chi connectivity index (χ1v) is 8.34. The van der Waals surface area contributed by atoms with Crippen LogP contribution in [0, 0.1) is 0 Å². The van der Waals surface area contributed by atoms with E-state index < -0.39 is 0 Å². The van der Waals surface area contributed by atoms with Crippen LogP contribution in [0.1, 0.15) is 23.5 Å². The summed E-state index contributed by atoms with van der Waals surface area (Å²) in [5.41, 5.74) is 3.62. The SMILES string of the molecule is O=C1OCC[C@H]1NC[C@@H](c1ccccc1)c1c[nH]c2ccccc12. The van der Waals surface area contributed by atoms with Crippen molar-refractivity contribution in [3.05, 3.63) is 71.9 Å². The second-order valence-electron chi connectivity index (χ2n) is 6.17. The average molecular weight is 320 g/mol. The Hall–Kier alpha value is -2.59. The highest BCUT2D eigenvalue weighted by atomic mass is 16.5. The summed E-state index contributed by atoms with van der Waals surface area (Å²) in [6.45, 7) is 1.21. The van der Waals surface area contributed by atoms with Gasteiger partial charge in [0.05, 0.1) is 6.61 Å². The number of nitrogens with one attached hydrogen (secondary N) is 2. The van der Waals surface area contributed by atoms with Gasteiger partial charge in [0.25, 0.3) is 0 Å². The molecule has 2 heterocycles. The minimum Gasteiger partial charge on any atom is -0.464 e. The molecule has 4 heteroatoms. The van der Waals surface area contributed by atoms with Crippen LogP contribution >= 0.6 is 0 Å². The highest BCUT2D eigenvalue weighted by molar-refractivity contribution is 5.84. The molecule has 0 aliphatic carbocycles. The third kappa shape index (κ3) is 2.81. The molecule has 1 fully saturated rings. The lowest BCUT2D eigenvalue weighted by Gasteiger charge is -2.19. The summed E-state index contributed by atoms with van der Waals surface area (Å²) in [7, 11) is 0. The molecule has 0 saturated carbocycles. The van der Waals surface area contributed by atoms with Crippen LogP contribution in [0.4, 0.5) is 0 Å². The second kappa shape index (κ2) is 6.49. The van der Waals surface area contributed by atoms with Crippen molar-refractivity contribution >= 4 is 16.9 Å². The fraction of sp³-hybridized carbons (Fsp3) is 0.250. The van der Waals surface area contributed by atoms with E-state index in [1.54, 1.807) is 0 Å². The zero-order valence-corrected chi connectivity index (χ0v) is 13.4. The van der Waals surface area contributed by atoms with Crippen LogP contribution in [0.2, 0.25) is 0 Å². The molecular formula is C20H20N2O2. The average Bonchev–Trinajstić information content (AvgIpc) is 3.23. The Kier molecular flexibility index (Phi) is 4.05. The number of ether oxygens (including phenoxy) is 1. The topological polar surface area (TPSA) is 54.1 Å². The number of para-hydroxylation sites is 1. The molecule has 2 N–H and O–H groups in total. The Morgan fingerprint density at radius 1 is 1.12 bits per heavy atom. The van der Waals surface area contributed by atoms with Crippen molar-refractivity contribution < 1.29 is 9.53 Å². The van der Waals surface area contributed by atoms with E-state index in [4.69, 9.17) is 4.74 Å². The summed E-state index contributed by atoms with van der Waals surface area (Å²) in [5.74, 6) is 0.0384. The lowest BCUT2D eigenvalue weighted by Crippen LogP contribution is -2.36. The molecule has 0 amide bonds. The normalized spacial score (nSPS) is 18.7. The molecule has 1 aliphatic rings. The van der Waals surface area contributed by atoms with Gasteiger partial charge in [-0.1, -0.05) is 48.5 Å². The number of benzene rings is 2. The summed E-state index contributed by atoms with van der Waals surface area (Å²) < 4.78 is 5.06. The van der Waals surface area contributed by atoms with E-state index in [1.165, 1.54) is 16.5 Å². The number of carbonyl (C=O) groups is 1. The van der Waals surface area contributed by atoms with Crippen LogP contribution in [0.25, 0.3) is 10.9 Å². The fourth-order valence-electron chi connectivity index (χ4n) is 3.42. The van der Waals surface area contributed by atoms with Crippen LogP contribution in [0.3, 0.4) is 0 Å². The number of esters is 1. The first kappa shape index (κ1) is 15.0. The Labute approximate surface area is 140 Å². The zero-order chi connectivity index (χ0) is 16.4. The van der Waals surface area contributed by atoms with Crippen molar-refractivity contribution in [2.75, 3.05) is 13.2 Å². The number of cyclic esters (lactones) is 1. The van der Waals surface area contributed by atoms with Crippen LogP contribution in [0.15, 0.2) is 60.8 Å². The van der Waals surface area contributed by atoms with Gasteiger partial charge in [0.2, 0.25) is 0 Å². The highest BCUT2D eigenvalue weighted by Crippen LogP contribution is 2.30. The van der Waals surface area contributed by atoms with Crippen LogP contribution in [0.5, 0.6) is 0 Å². The third-order valence-electron chi connectivity index (χ3n) is 4.70. The van der Waals surface area contributed by atoms with Crippen LogP contribution in [-0.4, -0.2) is 30.1 Å². The molecule has 4 nitrogen and oxygen atoms in total. The first-order chi connectivity index (χ1) is 11.8. The molecule has 0 radical (unpaired) electrons. The van der Waals surface area contributed by atoms with Crippen molar-refractivity contribution in [1.82, 2.24) is 10.3 Å². The summed E-state index contributed by atoms with van der Waals surface area (Å²) in [4.78, 5) is 15.1. The quantitative estimate of drug-likeness (QED) is 0.710. The van der Waals surface area contributed by atoms with Crippen molar-refractivity contribution in [3.63, 3.8) is 0 Å². The van der Waals surface area contributed by atoms with Crippen molar-refractivity contribution in [2.24, 2.45) is 0 Å². The van der Waals surface area contributed by atoms with E-state index >= 15 is 0 Å². The number of rotatable bonds is 5. The lowest BCUT2D eigenvalue weighted by atomic mass is 9.90. The molecule has 0 bridgehead atoms. The third-order valence-corrected chi connectivity index (χ3v) is 4.70. The predicted molar refractivity (Wildman–Crippen MR) is 94.0 cm³/mol. The molecule has 2 atom stereocenters. The Balaban J connectivity index is 1.67. The monoisotopic (exact) mass is 320 g/mol. The fourth-order valence-corrected chi connectivity index (χ4v) is 3.42. The zero-order valence-electron chi connectivity index (χ0n) is 13.4. The second-order valence-corrected chi connectivity index (χ2v) is 6.17. The predicted octanol–water partition coefficient (Wildman–Crippen LogP) is 3.20. The number of H-pyrrole nitrogens is 1. The Morgan fingerprint density at radius 2 is 1.92 bits per heavy atom. The van der Waals surface area contributed by atoms with Gasteiger partial charge in [-0.2, -0.15) is 0 Å². The molecule has 0 spiro atoms. The van der Waals surface area contributed by atoms with Gasteiger partial charge in [0.1, 0.15) is 6.04 Å². The Morgan fingerprint density at radius 3 is 2.71 bits per heavy atom. The van der Waals surface area contributed by atoms with E-state index in [1.807, 2.05) is 12.1 Å². The number of aromatic nitrogens is 1. The Bertz CT molecular complexity index is 841. The standard InChI is InChI=1S/C20H20N2O2/c23-20-19(10-11-24-20)22-12-16(14-6-2-1-3-7-14)17-13-21-18-9-5-4-8-15(17)18/h1-9,13,16,19,21-22H,10-12H2/t16-,19+/m0/s1. The van der Waals surface area contributed by atoms with E-state index in [9.17, 15) is 4.79 Å². The van der Waals surface area contributed by atoms with Crippen LogP contribution < -0.4 is 5.32 Å². The van der Waals surface area contributed by atoms with Crippen molar-refractivity contribution in [3.8, 4) is 0 Å². The van der Waals surface area contributed by atoms with Gasteiger partial charge in [-0.3, -0.25) is 4.79 Å². The van der Waals surface area contributed by atoms with Gasteiger partial charge < -0.3 is 15.0 Å². The van der Waals surface area contributed by atoms with E-state index in [-0.39, 0.29) is 17.9 Å². The number of fused-ring (bicyclic) bond motifs is 1. The van der Waals surface area contributed by atoms with Gasteiger partial charge >= 0.3 is 5.97 Å². The minimum atomic E-state index is -0.193. The summed E-state index contributed by atoms with van der Waals surface area (Å²) in [5, 5.41) is 4.62. The smallest absolute Gasteiger partial charge is 0.323 e. The van der Waals surface area contributed by atoms with Gasteiger partial charge in [0, 0.05) is 36.0 Å². The van der Waals surface area contributed by atoms with Crippen LogP contribution in [-0.2, 0) is 9.53 Å². The largest absolute Gasteiger partial charge is 0.464 e. The van der Waals surface area contributed by atoms with Gasteiger partial charge in [-0.15, -0.1) is 0 Å². The summed E-state index contributed by atoms with van der Waals surface area (Å²) in [6.07, 6.45) is 2.82. The molecular weight excluding hydrogens is 300 g/mol. The molecule has 3 aromatic rings. The molecule has 1 aromatic heterocycles. The van der Waals surface area contributed by atoms with Gasteiger partial charge in [-0.25, -0.2) is 0 Å². The molecule has 4 rings (SSSR count). The maximum absolute atomic E-state index is 11.7. The molecule has 122 valence electrons. The summed E-state index contributed by atoms with van der Waals surface area (Å²) in [6, 6.07) is 18.5. The van der Waals surface area contributed by atoms with E-state index in [2.05, 4.69) is 59.0 Å². The molecule has 1 aliphatic heterocycles. The van der Waals surface area contributed by atoms with Crippen molar-refractivity contribution in [1.29, 1.82) is 0 Å². The van der Waals surface area contributed by atoms with Gasteiger partial charge in [0.15, 0.2) is 0 Å². The maximum atomic E-state index is 11.7. The number of carbonyl (C=O) groups excluding carboxylic acids is 1. The minimum absolute atomic E-state index is 0.138.